The van der Waals surface area contributed by atoms with E-state index in [1.54, 1.807) is 12.1 Å². The molecule has 28 heavy (non-hydrogen) atoms. The lowest BCUT2D eigenvalue weighted by atomic mass is 9.64. The molecule has 8 heteroatoms. The number of hydrogen-bond acceptors (Lipinski definition) is 6. The molecule has 0 saturated heterocycles. The molecule has 1 aromatic carbocycles. The molecular formula is C20H29BN2O5. The van der Waals surface area contributed by atoms with Crippen molar-refractivity contribution in [2.75, 3.05) is 6.54 Å². The Kier molecular flexibility index (Phi) is 6.75. The van der Waals surface area contributed by atoms with Crippen LogP contribution in [0.5, 0.6) is 5.75 Å². The van der Waals surface area contributed by atoms with Crippen LogP contribution in [0, 0.1) is 11.8 Å². The maximum absolute atomic E-state index is 12.6. The third-order valence-corrected chi connectivity index (χ3v) is 6.23. The quantitative estimate of drug-likeness (QED) is 0.521. The second-order valence-electron chi connectivity index (χ2n) is 8.20. The van der Waals surface area contributed by atoms with Crippen LogP contribution in [-0.4, -0.2) is 41.6 Å². The lowest BCUT2D eigenvalue weighted by Crippen LogP contribution is -2.39. The lowest BCUT2D eigenvalue weighted by Gasteiger charge is -2.32. The van der Waals surface area contributed by atoms with Gasteiger partial charge < -0.3 is 26.3 Å². The van der Waals surface area contributed by atoms with Crippen LogP contribution < -0.4 is 16.1 Å². The van der Waals surface area contributed by atoms with Crippen LogP contribution in [0.3, 0.4) is 0 Å². The van der Waals surface area contributed by atoms with Crippen molar-refractivity contribution in [3.05, 3.63) is 29.3 Å². The fourth-order valence-corrected chi connectivity index (χ4v) is 4.54. The van der Waals surface area contributed by atoms with E-state index >= 15 is 0 Å². The van der Waals surface area contributed by atoms with Gasteiger partial charge in [0, 0.05) is 31.2 Å². The van der Waals surface area contributed by atoms with E-state index in [2.05, 4.69) is 0 Å². The van der Waals surface area contributed by atoms with E-state index < -0.39 is 13.1 Å². The molecule has 3 rings (SSSR count). The fraction of sp³-hybridized carbons (Fsp3) is 0.600. The van der Waals surface area contributed by atoms with Crippen molar-refractivity contribution in [1.29, 1.82) is 0 Å². The first-order valence-electron chi connectivity index (χ1n) is 10.1. The number of carbonyl (C=O) groups excluding carboxylic acids is 1. The van der Waals surface area contributed by atoms with Gasteiger partial charge in [0.2, 0.25) is 0 Å². The van der Waals surface area contributed by atoms with Crippen molar-refractivity contribution in [2.24, 2.45) is 23.3 Å². The Morgan fingerprint density at radius 1 is 1.21 bits per heavy atom. The number of fused-ring (bicyclic) bond motifs is 1. The first kappa shape index (κ1) is 20.8. The molecule has 6 N–H and O–H groups in total. The number of Topliss-reactive ketones (excluding diaryl/α,β-unsaturated/α-hetero) is 1. The predicted molar refractivity (Wildman–Crippen MR) is 106 cm³/mol. The summed E-state index contributed by atoms with van der Waals surface area (Å²) in [6, 6.07) is 4.94. The van der Waals surface area contributed by atoms with Gasteiger partial charge in [0.05, 0.1) is 5.56 Å². The molecular weight excluding hydrogens is 359 g/mol. The number of benzene rings is 1. The molecule has 0 aromatic heterocycles. The number of carboxylic acid groups (broad SMARTS) is 1. The summed E-state index contributed by atoms with van der Waals surface area (Å²) in [4.78, 5) is 23.9. The molecule has 0 spiro atoms. The molecule has 0 radical (unpaired) electrons. The Balaban J connectivity index is 1.54. The minimum atomic E-state index is -1.17. The third-order valence-electron chi connectivity index (χ3n) is 6.23. The highest BCUT2D eigenvalue weighted by Crippen LogP contribution is 2.37. The average molecular weight is 388 g/mol. The van der Waals surface area contributed by atoms with Gasteiger partial charge in [-0.15, -0.1) is 0 Å². The molecule has 2 atom stereocenters. The summed E-state index contributed by atoms with van der Waals surface area (Å²) >= 11 is 0. The van der Waals surface area contributed by atoms with Gasteiger partial charge in [0.15, 0.2) is 0 Å². The molecule has 152 valence electrons. The number of hydrogen-bond donors (Lipinski definition) is 4. The number of nitrogens with two attached hydrogens (primary N) is 2. The molecule has 1 fully saturated rings. The summed E-state index contributed by atoms with van der Waals surface area (Å²) in [5.74, 6) is -0.307. The van der Waals surface area contributed by atoms with E-state index in [0.29, 0.717) is 31.2 Å². The van der Waals surface area contributed by atoms with Gasteiger partial charge in [0.1, 0.15) is 11.5 Å². The molecule has 0 bridgehead atoms. The van der Waals surface area contributed by atoms with Crippen LogP contribution in [0.1, 0.15) is 54.4 Å². The van der Waals surface area contributed by atoms with Crippen LogP contribution in [0.2, 0.25) is 5.82 Å². The van der Waals surface area contributed by atoms with Crippen molar-refractivity contribution in [3.8, 4) is 5.75 Å². The highest BCUT2D eigenvalue weighted by molar-refractivity contribution is 6.47. The zero-order chi connectivity index (χ0) is 20.3. The Hall–Kier alpha value is -1.90. The Labute approximate surface area is 165 Å². The fourth-order valence-electron chi connectivity index (χ4n) is 4.54. The Morgan fingerprint density at radius 3 is 2.57 bits per heavy atom. The van der Waals surface area contributed by atoms with E-state index in [1.165, 1.54) is 6.07 Å². The molecule has 1 unspecified atom stereocenters. The SMILES string of the molecule is NCC(N)C1CCC(CC(=O)C[C@H]2Cc3cccc(C(=O)O)c3OB2O)CC1. The Bertz CT molecular complexity index is 721. The van der Waals surface area contributed by atoms with E-state index in [0.717, 1.165) is 31.2 Å². The van der Waals surface area contributed by atoms with Crippen LogP contribution in [0.15, 0.2) is 18.2 Å². The molecule has 1 aliphatic carbocycles. The number of carbonyl (C=O) groups is 2. The Morgan fingerprint density at radius 2 is 1.93 bits per heavy atom. The minimum absolute atomic E-state index is 0.0359. The molecule has 1 aromatic rings. The number of aromatic carboxylic acids is 1. The molecule has 0 amide bonds. The molecule has 7 nitrogen and oxygen atoms in total. The van der Waals surface area contributed by atoms with Crippen molar-refractivity contribution < 1.29 is 24.4 Å². The van der Waals surface area contributed by atoms with Gasteiger partial charge in [-0.3, -0.25) is 4.79 Å². The second kappa shape index (κ2) is 9.07. The summed E-state index contributed by atoms with van der Waals surface area (Å²) in [7, 11) is -1.17. The van der Waals surface area contributed by atoms with E-state index in [9.17, 15) is 19.7 Å². The van der Waals surface area contributed by atoms with E-state index in [-0.39, 0.29) is 35.4 Å². The molecule has 1 saturated carbocycles. The minimum Gasteiger partial charge on any atom is -0.535 e. The standard InChI is InChI=1S/C20H29BN2O5/c22-11-18(23)13-6-4-12(5-7-13)8-16(24)10-15-9-14-2-1-3-17(20(25)26)19(14)28-21(15)27/h1-3,12-13,15,18,27H,4-11,22-23H2,(H,25,26)/t12?,13?,15-,18?/m1/s1. The maximum Gasteiger partial charge on any atom is 0.526 e. The highest BCUT2D eigenvalue weighted by atomic mass is 16.5. The largest absolute Gasteiger partial charge is 0.535 e. The zero-order valence-electron chi connectivity index (χ0n) is 16.0. The average Bonchev–Trinajstić information content (AvgIpc) is 2.68. The predicted octanol–water partition coefficient (Wildman–Crippen LogP) is 1.61. The zero-order valence-corrected chi connectivity index (χ0v) is 16.0. The van der Waals surface area contributed by atoms with Crippen molar-refractivity contribution >= 4 is 18.9 Å². The van der Waals surface area contributed by atoms with E-state index in [4.69, 9.17) is 16.1 Å². The summed E-state index contributed by atoms with van der Waals surface area (Å²) in [5, 5.41) is 19.6. The lowest BCUT2D eigenvalue weighted by molar-refractivity contribution is -0.120. The molecule has 1 heterocycles. The normalized spacial score (nSPS) is 25.5. The van der Waals surface area contributed by atoms with Gasteiger partial charge in [0.25, 0.3) is 0 Å². The van der Waals surface area contributed by atoms with Gasteiger partial charge in [-0.25, -0.2) is 4.79 Å². The van der Waals surface area contributed by atoms with Crippen molar-refractivity contribution in [3.63, 3.8) is 0 Å². The monoisotopic (exact) mass is 388 g/mol. The highest BCUT2D eigenvalue weighted by Gasteiger charge is 2.38. The third kappa shape index (κ3) is 4.74. The van der Waals surface area contributed by atoms with Gasteiger partial charge in [-0.05, 0) is 55.6 Å². The summed E-state index contributed by atoms with van der Waals surface area (Å²) in [5.41, 5.74) is 12.4. The van der Waals surface area contributed by atoms with Gasteiger partial charge >= 0.3 is 13.1 Å². The summed E-state index contributed by atoms with van der Waals surface area (Å²) in [6.45, 7) is 0.499. The van der Waals surface area contributed by atoms with Crippen molar-refractivity contribution in [2.45, 2.75) is 56.8 Å². The number of rotatable bonds is 7. The van der Waals surface area contributed by atoms with Crippen LogP contribution in [-0.2, 0) is 11.2 Å². The van der Waals surface area contributed by atoms with Gasteiger partial charge in [-0.1, -0.05) is 12.1 Å². The maximum atomic E-state index is 12.6. The first-order valence-corrected chi connectivity index (χ1v) is 10.1. The number of ketones is 1. The number of carboxylic acids is 1. The summed E-state index contributed by atoms with van der Waals surface area (Å²) < 4.78 is 5.48. The second-order valence-corrected chi connectivity index (χ2v) is 8.20. The first-order chi connectivity index (χ1) is 13.4. The van der Waals surface area contributed by atoms with Crippen LogP contribution in [0.4, 0.5) is 0 Å². The summed E-state index contributed by atoms with van der Waals surface area (Å²) in [6.07, 6.45) is 5.17. The van der Waals surface area contributed by atoms with E-state index in [1.807, 2.05) is 0 Å². The van der Waals surface area contributed by atoms with Crippen molar-refractivity contribution in [1.82, 2.24) is 0 Å². The van der Waals surface area contributed by atoms with Gasteiger partial charge in [-0.2, -0.15) is 0 Å². The smallest absolute Gasteiger partial charge is 0.526 e. The topological polar surface area (TPSA) is 136 Å². The van der Waals surface area contributed by atoms with Crippen LogP contribution >= 0.6 is 0 Å². The molecule has 2 aliphatic rings. The van der Waals surface area contributed by atoms with Crippen LogP contribution in [0.25, 0.3) is 0 Å². The number of para-hydroxylation sites is 1. The molecule has 1 aliphatic heterocycles.